The van der Waals surface area contributed by atoms with Gasteiger partial charge in [0.1, 0.15) is 0 Å². The highest BCUT2D eigenvalue weighted by atomic mass is 79.9. The van der Waals surface area contributed by atoms with Crippen molar-refractivity contribution in [3.63, 3.8) is 0 Å². The highest BCUT2D eigenvalue weighted by Crippen LogP contribution is 2.23. The van der Waals surface area contributed by atoms with Gasteiger partial charge in [0.2, 0.25) is 5.95 Å². The lowest BCUT2D eigenvalue weighted by Gasteiger charge is -2.20. The molecule has 0 fully saturated rings. The minimum atomic E-state index is 0.221. The van der Waals surface area contributed by atoms with Crippen molar-refractivity contribution in [2.45, 2.75) is 25.9 Å². The molecule has 2 aromatic rings. The summed E-state index contributed by atoms with van der Waals surface area (Å²) in [5, 5.41) is 3.37. The van der Waals surface area contributed by atoms with Crippen LogP contribution in [-0.4, -0.2) is 29.3 Å². The average molecular weight is 338 g/mol. The van der Waals surface area contributed by atoms with Crippen molar-refractivity contribution in [1.82, 2.24) is 9.55 Å². The minimum absolute atomic E-state index is 0.221. The first-order valence-electron chi connectivity index (χ1n) is 6.65. The molecule has 4 nitrogen and oxygen atoms in total. The maximum Gasteiger partial charge on any atom is 0.203 e. The molecule has 0 bridgehead atoms. The number of hydrogen-bond acceptors (Lipinski definition) is 3. The van der Waals surface area contributed by atoms with E-state index in [1.54, 1.807) is 7.11 Å². The van der Waals surface area contributed by atoms with E-state index in [1.807, 2.05) is 12.4 Å². The molecule has 2 unspecified atom stereocenters. The zero-order chi connectivity index (χ0) is 14.5. The molecule has 108 valence electrons. The smallest absolute Gasteiger partial charge is 0.203 e. The lowest BCUT2D eigenvalue weighted by molar-refractivity contribution is 0.190. The van der Waals surface area contributed by atoms with Crippen LogP contribution in [0, 0.1) is 0 Å². The van der Waals surface area contributed by atoms with Crippen molar-refractivity contribution in [2.24, 2.45) is 0 Å². The van der Waals surface area contributed by atoms with Crippen molar-refractivity contribution in [2.75, 3.05) is 19.0 Å². The summed E-state index contributed by atoms with van der Waals surface area (Å²) in [5.41, 5.74) is 1.24. The number of anilines is 1. The third kappa shape index (κ3) is 3.61. The van der Waals surface area contributed by atoms with E-state index in [1.165, 1.54) is 5.56 Å². The minimum Gasteiger partial charge on any atom is -0.383 e. The fraction of sp³-hybridized carbons (Fsp3) is 0.400. The molecule has 0 aliphatic rings. The zero-order valence-electron chi connectivity index (χ0n) is 12.0. The van der Waals surface area contributed by atoms with Crippen LogP contribution in [0.5, 0.6) is 0 Å². The quantitative estimate of drug-likeness (QED) is 0.873. The molecule has 0 saturated carbocycles. The van der Waals surface area contributed by atoms with Gasteiger partial charge in [0.25, 0.3) is 0 Å². The summed E-state index contributed by atoms with van der Waals surface area (Å²) in [4.78, 5) is 4.39. The summed E-state index contributed by atoms with van der Waals surface area (Å²) >= 11 is 3.46. The lowest BCUT2D eigenvalue weighted by atomic mass is 10.1. The van der Waals surface area contributed by atoms with Gasteiger partial charge >= 0.3 is 0 Å². The number of aromatic nitrogens is 2. The Morgan fingerprint density at radius 2 is 2.00 bits per heavy atom. The van der Waals surface area contributed by atoms with Crippen molar-refractivity contribution in [3.05, 3.63) is 46.7 Å². The van der Waals surface area contributed by atoms with Crippen molar-refractivity contribution in [3.8, 4) is 0 Å². The summed E-state index contributed by atoms with van der Waals surface area (Å²) in [7, 11) is 1.70. The fourth-order valence-electron chi connectivity index (χ4n) is 2.15. The van der Waals surface area contributed by atoms with Gasteiger partial charge in [-0.1, -0.05) is 28.1 Å². The van der Waals surface area contributed by atoms with E-state index >= 15 is 0 Å². The third-order valence-corrected chi connectivity index (χ3v) is 3.76. The van der Waals surface area contributed by atoms with Crippen molar-refractivity contribution < 1.29 is 4.74 Å². The molecule has 0 amide bonds. The summed E-state index contributed by atoms with van der Waals surface area (Å²) in [6.45, 7) is 4.89. The molecule has 1 N–H and O–H groups in total. The highest BCUT2D eigenvalue weighted by Gasteiger charge is 2.13. The van der Waals surface area contributed by atoms with Gasteiger partial charge in [-0.2, -0.15) is 0 Å². The second kappa shape index (κ2) is 6.90. The Morgan fingerprint density at radius 1 is 1.30 bits per heavy atom. The molecule has 0 aliphatic heterocycles. The topological polar surface area (TPSA) is 39.1 Å². The molecule has 5 heteroatoms. The Labute approximate surface area is 128 Å². The second-order valence-corrected chi connectivity index (χ2v) is 5.80. The Bertz CT molecular complexity index is 538. The summed E-state index contributed by atoms with van der Waals surface area (Å²) in [5.74, 6) is 0.866. The molecule has 0 saturated heterocycles. The molecule has 0 spiro atoms. The molecular formula is C15H20BrN3O. The van der Waals surface area contributed by atoms with Gasteiger partial charge in [-0.15, -0.1) is 0 Å². The van der Waals surface area contributed by atoms with Crippen LogP contribution in [0.4, 0.5) is 5.95 Å². The van der Waals surface area contributed by atoms with Gasteiger partial charge in [0, 0.05) is 30.0 Å². The number of ether oxygens (including phenoxy) is 1. The normalized spacial score (nSPS) is 14.0. The maximum absolute atomic E-state index is 5.15. The van der Waals surface area contributed by atoms with E-state index in [0.717, 1.165) is 10.4 Å². The van der Waals surface area contributed by atoms with E-state index in [0.29, 0.717) is 6.61 Å². The van der Waals surface area contributed by atoms with Crippen LogP contribution in [0.25, 0.3) is 0 Å². The first-order valence-corrected chi connectivity index (χ1v) is 7.45. The van der Waals surface area contributed by atoms with Crippen molar-refractivity contribution >= 4 is 21.9 Å². The van der Waals surface area contributed by atoms with Gasteiger partial charge in [0.05, 0.1) is 12.6 Å². The molecule has 0 aliphatic carbocycles. The van der Waals surface area contributed by atoms with E-state index < -0.39 is 0 Å². The van der Waals surface area contributed by atoms with Gasteiger partial charge in [-0.3, -0.25) is 0 Å². The molecule has 0 radical (unpaired) electrons. The van der Waals surface area contributed by atoms with Crippen LogP contribution >= 0.6 is 15.9 Å². The lowest BCUT2D eigenvalue weighted by Crippen LogP contribution is -2.24. The molecule has 2 atom stereocenters. The molecule has 1 heterocycles. The van der Waals surface area contributed by atoms with Crippen LogP contribution in [0.15, 0.2) is 41.1 Å². The average Bonchev–Trinajstić information content (AvgIpc) is 2.87. The van der Waals surface area contributed by atoms with Crippen LogP contribution in [0.1, 0.15) is 25.5 Å². The SMILES string of the molecule is COCC(C)Nc1nccn1C(C)c1ccc(Br)cc1. The maximum atomic E-state index is 5.15. The zero-order valence-corrected chi connectivity index (χ0v) is 13.6. The third-order valence-electron chi connectivity index (χ3n) is 3.23. The second-order valence-electron chi connectivity index (χ2n) is 4.89. The Hall–Kier alpha value is -1.33. The Kier molecular flexibility index (Phi) is 5.20. The van der Waals surface area contributed by atoms with E-state index in [2.05, 4.69) is 68.9 Å². The molecule has 2 rings (SSSR count). The van der Waals surface area contributed by atoms with Crippen LogP contribution in [0.2, 0.25) is 0 Å². The number of hydrogen-bond donors (Lipinski definition) is 1. The number of nitrogens with one attached hydrogen (secondary N) is 1. The number of rotatable bonds is 6. The number of halogens is 1. The van der Waals surface area contributed by atoms with Crippen molar-refractivity contribution in [1.29, 1.82) is 0 Å². The summed E-state index contributed by atoms with van der Waals surface area (Å²) in [6, 6.07) is 8.81. The van der Waals surface area contributed by atoms with Crippen LogP contribution in [0.3, 0.4) is 0 Å². The molecule has 20 heavy (non-hydrogen) atoms. The number of imidazole rings is 1. The number of benzene rings is 1. The molecular weight excluding hydrogens is 318 g/mol. The monoisotopic (exact) mass is 337 g/mol. The van der Waals surface area contributed by atoms with Crippen LogP contribution < -0.4 is 5.32 Å². The van der Waals surface area contributed by atoms with Gasteiger partial charge < -0.3 is 14.6 Å². The predicted molar refractivity (Wildman–Crippen MR) is 85.1 cm³/mol. The molecule has 1 aromatic heterocycles. The fourth-order valence-corrected chi connectivity index (χ4v) is 2.42. The largest absolute Gasteiger partial charge is 0.383 e. The van der Waals surface area contributed by atoms with Gasteiger partial charge in [-0.25, -0.2) is 4.98 Å². The number of methoxy groups -OCH3 is 1. The highest BCUT2D eigenvalue weighted by molar-refractivity contribution is 9.10. The number of nitrogens with zero attached hydrogens (tertiary/aromatic N) is 2. The van der Waals surface area contributed by atoms with E-state index in [-0.39, 0.29) is 12.1 Å². The van der Waals surface area contributed by atoms with Crippen LogP contribution in [-0.2, 0) is 4.74 Å². The first kappa shape index (κ1) is 15.1. The standard InChI is InChI=1S/C15H20BrN3O/c1-11(10-20-3)18-15-17-8-9-19(15)12(2)13-4-6-14(16)7-5-13/h4-9,11-12H,10H2,1-3H3,(H,17,18). The summed E-state index contributed by atoms with van der Waals surface area (Å²) in [6.07, 6.45) is 3.81. The first-order chi connectivity index (χ1) is 9.61. The van der Waals surface area contributed by atoms with Gasteiger partial charge in [-0.05, 0) is 31.5 Å². The van der Waals surface area contributed by atoms with E-state index in [9.17, 15) is 0 Å². The Balaban J connectivity index is 2.16. The Morgan fingerprint density at radius 3 is 2.65 bits per heavy atom. The summed E-state index contributed by atoms with van der Waals surface area (Å²) < 4.78 is 8.37. The molecule has 1 aromatic carbocycles. The van der Waals surface area contributed by atoms with E-state index in [4.69, 9.17) is 4.74 Å². The predicted octanol–water partition coefficient (Wildman–Crippen LogP) is 3.70. The van der Waals surface area contributed by atoms with Gasteiger partial charge in [0.15, 0.2) is 0 Å².